The van der Waals surface area contributed by atoms with Crippen molar-refractivity contribution >= 4 is 21.6 Å². The van der Waals surface area contributed by atoms with Crippen LogP contribution in [0.2, 0.25) is 0 Å². The van der Waals surface area contributed by atoms with Gasteiger partial charge in [-0.2, -0.15) is 0 Å². The third-order valence-electron chi connectivity index (χ3n) is 4.59. The van der Waals surface area contributed by atoms with Gasteiger partial charge >= 0.3 is 0 Å². The molecule has 0 aliphatic rings. The third kappa shape index (κ3) is 5.63. The molecule has 0 aromatic heterocycles. The summed E-state index contributed by atoms with van der Waals surface area (Å²) in [4.78, 5) is 12.6. The smallest absolute Gasteiger partial charge is 0.241 e. The van der Waals surface area contributed by atoms with Gasteiger partial charge < -0.3 is 14.8 Å². The molecule has 0 fully saturated rings. The molecule has 1 amide bonds. The van der Waals surface area contributed by atoms with Gasteiger partial charge in [0.05, 0.1) is 32.2 Å². The van der Waals surface area contributed by atoms with E-state index in [4.69, 9.17) is 9.47 Å². The topological polar surface area (TPSA) is 84.9 Å². The normalized spacial score (nSPS) is 12.2. The first-order valence-electron chi connectivity index (χ1n) is 9.13. The molecule has 0 saturated carbocycles. The average Bonchev–Trinajstić information content (AvgIpc) is 2.65. The van der Waals surface area contributed by atoms with E-state index in [0.717, 1.165) is 27.3 Å². The molecular weight excluding hydrogens is 392 g/mol. The van der Waals surface area contributed by atoms with E-state index in [1.54, 1.807) is 32.4 Å². The van der Waals surface area contributed by atoms with Crippen LogP contribution < -0.4 is 19.1 Å². The van der Waals surface area contributed by atoms with Gasteiger partial charge in [0.1, 0.15) is 6.54 Å². The number of ether oxygens (including phenoxy) is 2. The van der Waals surface area contributed by atoms with Crippen molar-refractivity contribution in [3.8, 4) is 11.5 Å². The Bertz CT molecular complexity index is 989. The molecule has 1 N–H and O–H groups in total. The van der Waals surface area contributed by atoms with Crippen LogP contribution in [0.5, 0.6) is 11.5 Å². The van der Waals surface area contributed by atoms with E-state index in [0.29, 0.717) is 17.2 Å². The Labute approximate surface area is 172 Å². The lowest BCUT2D eigenvalue weighted by atomic mass is 10.1. The second-order valence-corrected chi connectivity index (χ2v) is 8.87. The highest BCUT2D eigenvalue weighted by atomic mass is 32.2. The monoisotopic (exact) mass is 420 g/mol. The van der Waals surface area contributed by atoms with E-state index in [2.05, 4.69) is 5.32 Å². The molecule has 2 rings (SSSR count). The quantitative estimate of drug-likeness (QED) is 0.710. The van der Waals surface area contributed by atoms with E-state index in [1.807, 2.05) is 39.0 Å². The molecule has 0 aliphatic carbocycles. The fourth-order valence-corrected chi connectivity index (χ4v) is 4.00. The molecular formula is C21H28N2O5S. The lowest BCUT2D eigenvalue weighted by Crippen LogP contribution is -2.41. The van der Waals surface area contributed by atoms with E-state index >= 15 is 0 Å². The maximum absolute atomic E-state index is 12.6. The van der Waals surface area contributed by atoms with Crippen LogP contribution in [0.3, 0.4) is 0 Å². The minimum absolute atomic E-state index is 0.305. The molecule has 2 aromatic carbocycles. The summed E-state index contributed by atoms with van der Waals surface area (Å²) in [6.07, 6.45) is 1.09. The minimum Gasteiger partial charge on any atom is -0.493 e. The number of benzene rings is 2. The molecule has 0 saturated heterocycles. The zero-order valence-electron chi connectivity index (χ0n) is 17.6. The van der Waals surface area contributed by atoms with Crippen LogP contribution in [0.1, 0.15) is 29.7 Å². The number of methoxy groups -OCH3 is 2. The number of hydrogen-bond donors (Lipinski definition) is 1. The number of amides is 1. The number of nitrogens with one attached hydrogen (secondary N) is 1. The highest BCUT2D eigenvalue weighted by Crippen LogP contribution is 2.30. The van der Waals surface area contributed by atoms with Crippen molar-refractivity contribution in [1.29, 1.82) is 0 Å². The van der Waals surface area contributed by atoms with Crippen molar-refractivity contribution < 1.29 is 22.7 Å². The summed E-state index contributed by atoms with van der Waals surface area (Å²) in [5.41, 5.74) is 3.11. The SMILES string of the molecule is COc1ccc(C(C)NC(=O)CN(c2ccc(C)cc2C)S(C)(=O)=O)cc1OC. The predicted molar refractivity (Wildman–Crippen MR) is 114 cm³/mol. The van der Waals surface area contributed by atoms with Gasteiger partial charge in [-0.1, -0.05) is 23.8 Å². The van der Waals surface area contributed by atoms with Gasteiger partial charge in [-0.3, -0.25) is 9.10 Å². The highest BCUT2D eigenvalue weighted by Gasteiger charge is 2.23. The molecule has 1 atom stereocenters. The standard InChI is InChI=1S/C21H28N2O5S/c1-14-7-9-18(15(2)11-14)23(29(6,25)26)13-21(24)22-16(3)17-8-10-19(27-4)20(12-17)28-5/h7-12,16H,13H2,1-6H3,(H,22,24). The summed E-state index contributed by atoms with van der Waals surface area (Å²) in [5, 5.41) is 2.85. The van der Waals surface area contributed by atoms with Gasteiger partial charge in [0.25, 0.3) is 0 Å². The molecule has 7 nitrogen and oxygen atoms in total. The zero-order valence-corrected chi connectivity index (χ0v) is 18.5. The average molecular weight is 421 g/mol. The number of hydrogen-bond acceptors (Lipinski definition) is 5. The fourth-order valence-electron chi connectivity index (χ4n) is 3.09. The Morgan fingerprint density at radius 3 is 2.28 bits per heavy atom. The van der Waals surface area contributed by atoms with Crippen molar-refractivity contribution in [2.24, 2.45) is 0 Å². The molecule has 0 heterocycles. The molecule has 0 radical (unpaired) electrons. The van der Waals surface area contributed by atoms with Crippen molar-refractivity contribution in [3.05, 3.63) is 53.1 Å². The minimum atomic E-state index is -3.63. The number of sulfonamides is 1. The second-order valence-electron chi connectivity index (χ2n) is 6.96. The van der Waals surface area contributed by atoms with Crippen LogP contribution in [0.4, 0.5) is 5.69 Å². The Morgan fingerprint density at radius 2 is 1.72 bits per heavy atom. The summed E-state index contributed by atoms with van der Waals surface area (Å²) in [5.74, 6) is 0.740. The number of carbonyl (C=O) groups is 1. The lowest BCUT2D eigenvalue weighted by molar-refractivity contribution is -0.120. The fraction of sp³-hybridized carbons (Fsp3) is 0.381. The molecule has 1 unspecified atom stereocenters. The summed E-state index contributed by atoms with van der Waals surface area (Å²) >= 11 is 0. The van der Waals surface area contributed by atoms with E-state index in [-0.39, 0.29) is 12.6 Å². The molecule has 158 valence electrons. The van der Waals surface area contributed by atoms with Gasteiger partial charge in [-0.15, -0.1) is 0 Å². The summed E-state index contributed by atoms with van der Waals surface area (Å²) < 4.78 is 36.3. The molecule has 0 aliphatic heterocycles. The molecule has 29 heavy (non-hydrogen) atoms. The summed E-state index contributed by atoms with van der Waals surface area (Å²) in [7, 11) is -0.541. The summed E-state index contributed by atoms with van der Waals surface area (Å²) in [6, 6.07) is 10.4. The van der Waals surface area contributed by atoms with Gasteiger partial charge in [0.15, 0.2) is 11.5 Å². The third-order valence-corrected chi connectivity index (χ3v) is 5.72. The van der Waals surface area contributed by atoms with Crippen molar-refractivity contribution in [1.82, 2.24) is 5.32 Å². The molecule has 0 bridgehead atoms. The highest BCUT2D eigenvalue weighted by molar-refractivity contribution is 7.92. The molecule has 8 heteroatoms. The first-order valence-corrected chi connectivity index (χ1v) is 11.0. The zero-order chi connectivity index (χ0) is 21.8. The Morgan fingerprint density at radius 1 is 1.07 bits per heavy atom. The first-order chi connectivity index (χ1) is 13.6. The van der Waals surface area contributed by atoms with Gasteiger partial charge in [-0.25, -0.2) is 8.42 Å². The number of anilines is 1. The summed E-state index contributed by atoms with van der Waals surface area (Å²) in [6.45, 7) is 5.27. The maximum atomic E-state index is 12.6. The first kappa shape index (κ1) is 22.5. The predicted octanol–water partition coefficient (Wildman–Crippen LogP) is 2.96. The van der Waals surface area contributed by atoms with E-state index in [9.17, 15) is 13.2 Å². The molecule has 2 aromatic rings. The van der Waals surface area contributed by atoms with Crippen LogP contribution in [-0.4, -0.2) is 41.3 Å². The van der Waals surface area contributed by atoms with Gasteiger partial charge in [-0.05, 0) is 50.1 Å². The Hall–Kier alpha value is -2.74. The van der Waals surface area contributed by atoms with Crippen LogP contribution in [0, 0.1) is 13.8 Å². The molecule has 0 spiro atoms. The van der Waals surface area contributed by atoms with Crippen LogP contribution in [-0.2, 0) is 14.8 Å². The Kier molecular flexibility index (Phi) is 7.13. The largest absolute Gasteiger partial charge is 0.493 e. The maximum Gasteiger partial charge on any atom is 0.241 e. The van der Waals surface area contributed by atoms with Crippen LogP contribution in [0.15, 0.2) is 36.4 Å². The second kappa shape index (κ2) is 9.17. The van der Waals surface area contributed by atoms with Crippen molar-refractivity contribution in [3.63, 3.8) is 0 Å². The number of nitrogens with zero attached hydrogens (tertiary/aromatic N) is 1. The number of carbonyl (C=O) groups excluding carboxylic acids is 1. The van der Waals surface area contributed by atoms with Crippen molar-refractivity contribution in [2.75, 3.05) is 31.3 Å². The number of aryl methyl sites for hydroxylation is 2. The number of rotatable bonds is 8. The van der Waals surface area contributed by atoms with Crippen LogP contribution in [0.25, 0.3) is 0 Å². The van der Waals surface area contributed by atoms with Crippen molar-refractivity contribution in [2.45, 2.75) is 26.8 Å². The Balaban J connectivity index is 2.20. The van der Waals surface area contributed by atoms with E-state index < -0.39 is 15.9 Å². The van der Waals surface area contributed by atoms with Gasteiger partial charge in [0, 0.05) is 0 Å². The van der Waals surface area contributed by atoms with Gasteiger partial charge in [0.2, 0.25) is 15.9 Å². The van der Waals surface area contributed by atoms with E-state index in [1.165, 1.54) is 0 Å². The van der Waals surface area contributed by atoms with Crippen LogP contribution >= 0.6 is 0 Å². The lowest BCUT2D eigenvalue weighted by Gasteiger charge is -2.25.